The van der Waals surface area contributed by atoms with Gasteiger partial charge in [0.1, 0.15) is 11.3 Å². The summed E-state index contributed by atoms with van der Waals surface area (Å²) < 4.78 is 6.13. The molecule has 3 aromatic rings. The molecule has 0 saturated heterocycles. The first-order valence-electron chi connectivity index (χ1n) is 6.96. The average molecular weight is 285 g/mol. The standard InChI is InChI=1S/C17H19NOS/c1-4-18-16(14-10-20-9-12(14)3)15-8-13-7-5-6-11(2)17(13)19-15/h5-10,16,18H,4H2,1-3H3. The maximum atomic E-state index is 6.13. The lowest BCUT2D eigenvalue weighted by molar-refractivity contribution is 0.476. The van der Waals surface area contributed by atoms with Gasteiger partial charge in [0.05, 0.1) is 6.04 Å². The molecule has 0 fully saturated rings. The molecule has 1 N–H and O–H groups in total. The zero-order valence-corrected chi connectivity index (χ0v) is 12.9. The fourth-order valence-corrected chi connectivity index (χ4v) is 3.48. The van der Waals surface area contributed by atoms with E-state index >= 15 is 0 Å². The van der Waals surface area contributed by atoms with Crippen molar-refractivity contribution in [2.24, 2.45) is 0 Å². The van der Waals surface area contributed by atoms with E-state index in [0.29, 0.717) is 0 Å². The van der Waals surface area contributed by atoms with Gasteiger partial charge in [0.15, 0.2) is 0 Å². The zero-order chi connectivity index (χ0) is 14.1. The van der Waals surface area contributed by atoms with Gasteiger partial charge in [0.2, 0.25) is 0 Å². The topological polar surface area (TPSA) is 25.2 Å². The molecule has 2 aromatic heterocycles. The van der Waals surface area contributed by atoms with E-state index in [2.05, 4.69) is 61.1 Å². The van der Waals surface area contributed by atoms with E-state index in [9.17, 15) is 0 Å². The van der Waals surface area contributed by atoms with Gasteiger partial charge < -0.3 is 9.73 Å². The molecule has 20 heavy (non-hydrogen) atoms. The Balaban J connectivity index is 2.10. The predicted molar refractivity (Wildman–Crippen MR) is 85.5 cm³/mol. The van der Waals surface area contributed by atoms with E-state index in [1.54, 1.807) is 11.3 Å². The smallest absolute Gasteiger partial charge is 0.137 e. The summed E-state index contributed by atoms with van der Waals surface area (Å²) in [4.78, 5) is 0. The van der Waals surface area contributed by atoms with Crippen molar-refractivity contribution >= 4 is 22.3 Å². The maximum Gasteiger partial charge on any atom is 0.137 e. The van der Waals surface area contributed by atoms with Crippen molar-refractivity contribution in [2.75, 3.05) is 6.54 Å². The van der Waals surface area contributed by atoms with Crippen molar-refractivity contribution in [1.82, 2.24) is 5.32 Å². The second kappa shape index (κ2) is 5.43. The number of fused-ring (bicyclic) bond motifs is 1. The molecule has 0 aliphatic carbocycles. The molecule has 0 saturated carbocycles. The highest BCUT2D eigenvalue weighted by atomic mass is 32.1. The molecule has 0 bridgehead atoms. The van der Waals surface area contributed by atoms with E-state index in [1.165, 1.54) is 22.1 Å². The summed E-state index contributed by atoms with van der Waals surface area (Å²) in [5.41, 5.74) is 4.82. The molecule has 0 amide bonds. The van der Waals surface area contributed by atoms with Crippen molar-refractivity contribution in [1.29, 1.82) is 0 Å². The number of nitrogens with one attached hydrogen (secondary N) is 1. The number of furan rings is 1. The quantitative estimate of drug-likeness (QED) is 0.744. The summed E-state index contributed by atoms with van der Waals surface area (Å²) in [5.74, 6) is 0.998. The van der Waals surface area contributed by atoms with Crippen molar-refractivity contribution in [3.8, 4) is 0 Å². The summed E-state index contributed by atoms with van der Waals surface area (Å²) >= 11 is 1.74. The van der Waals surface area contributed by atoms with Crippen LogP contribution in [0.5, 0.6) is 0 Å². The van der Waals surface area contributed by atoms with E-state index in [0.717, 1.165) is 17.9 Å². The molecule has 104 valence electrons. The van der Waals surface area contributed by atoms with Crippen LogP contribution in [0.1, 0.15) is 35.4 Å². The Morgan fingerprint density at radius 2 is 2.05 bits per heavy atom. The molecule has 1 aromatic carbocycles. The third kappa shape index (κ3) is 2.28. The van der Waals surface area contributed by atoms with Crippen LogP contribution in [0.15, 0.2) is 39.4 Å². The van der Waals surface area contributed by atoms with Crippen LogP contribution in [0.2, 0.25) is 0 Å². The van der Waals surface area contributed by atoms with E-state index in [4.69, 9.17) is 4.42 Å². The van der Waals surface area contributed by atoms with Gasteiger partial charge in [-0.3, -0.25) is 0 Å². The second-order valence-corrected chi connectivity index (χ2v) is 5.89. The summed E-state index contributed by atoms with van der Waals surface area (Å²) in [6.45, 7) is 7.29. The van der Waals surface area contributed by atoms with Crippen LogP contribution in [0.25, 0.3) is 11.0 Å². The SMILES string of the molecule is CCNC(c1cc2cccc(C)c2o1)c1cscc1C. The third-order valence-corrected chi connectivity index (χ3v) is 4.54. The number of benzene rings is 1. The molecule has 3 rings (SSSR count). The monoisotopic (exact) mass is 285 g/mol. The number of para-hydroxylation sites is 1. The highest BCUT2D eigenvalue weighted by molar-refractivity contribution is 7.08. The lowest BCUT2D eigenvalue weighted by atomic mass is 10.0. The minimum absolute atomic E-state index is 0.137. The van der Waals surface area contributed by atoms with E-state index in [1.807, 2.05) is 0 Å². The predicted octanol–water partition coefficient (Wildman–Crippen LogP) is 4.81. The highest BCUT2D eigenvalue weighted by Crippen LogP contribution is 2.32. The molecule has 1 unspecified atom stereocenters. The van der Waals surface area contributed by atoms with Crippen molar-refractivity contribution in [3.05, 3.63) is 57.5 Å². The van der Waals surface area contributed by atoms with Crippen LogP contribution in [-0.2, 0) is 0 Å². The van der Waals surface area contributed by atoms with Crippen LogP contribution < -0.4 is 5.32 Å². The molecule has 1 atom stereocenters. The average Bonchev–Trinajstić information content (AvgIpc) is 3.03. The van der Waals surface area contributed by atoms with Gasteiger partial charge in [-0.25, -0.2) is 0 Å². The van der Waals surface area contributed by atoms with E-state index in [-0.39, 0.29) is 6.04 Å². The number of hydrogen-bond donors (Lipinski definition) is 1. The molecule has 0 spiro atoms. The number of hydrogen-bond acceptors (Lipinski definition) is 3. The largest absolute Gasteiger partial charge is 0.459 e. The number of thiophene rings is 1. The Labute approximate surface area is 123 Å². The summed E-state index contributed by atoms with van der Waals surface area (Å²) in [6, 6.07) is 8.58. The maximum absolute atomic E-state index is 6.13. The molecular formula is C17H19NOS. The molecule has 3 heteroatoms. The highest BCUT2D eigenvalue weighted by Gasteiger charge is 2.20. The van der Waals surface area contributed by atoms with Crippen molar-refractivity contribution < 1.29 is 4.42 Å². The lowest BCUT2D eigenvalue weighted by Crippen LogP contribution is -2.21. The lowest BCUT2D eigenvalue weighted by Gasteiger charge is -2.15. The van der Waals surface area contributed by atoms with Crippen LogP contribution in [0, 0.1) is 13.8 Å². The van der Waals surface area contributed by atoms with Crippen molar-refractivity contribution in [2.45, 2.75) is 26.8 Å². The molecule has 2 heterocycles. The zero-order valence-electron chi connectivity index (χ0n) is 12.1. The molecular weight excluding hydrogens is 266 g/mol. The minimum Gasteiger partial charge on any atom is -0.459 e. The first kappa shape index (κ1) is 13.4. The van der Waals surface area contributed by atoms with Crippen molar-refractivity contribution in [3.63, 3.8) is 0 Å². The minimum atomic E-state index is 0.137. The number of rotatable bonds is 4. The van der Waals surface area contributed by atoms with Gasteiger partial charge >= 0.3 is 0 Å². The van der Waals surface area contributed by atoms with Crippen LogP contribution >= 0.6 is 11.3 Å². The van der Waals surface area contributed by atoms with Gasteiger partial charge in [-0.2, -0.15) is 11.3 Å². The van der Waals surface area contributed by atoms with Crippen LogP contribution in [-0.4, -0.2) is 6.54 Å². The molecule has 2 nitrogen and oxygen atoms in total. The normalized spacial score (nSPS) is 12.9. The Kier molecular flexibility index (Phi) is 3.64. The summed E-state index contributed by atoms with van der Waals surface area (Å²) in [5, 5.41) is 9.11. The van der Waals surface area contributed by atoms with Gasteiger partial charge in [-0.05, 0) is 53.9 Å². The van der Waals surface area contributed by atoms with E-state index < -0.39 is 0 Å². The van der Waals surface area contributed by atoms with Gasteiger partial charge in [0, 0.05) is 5.39 Å². The second-order valence-electron chi connectivity index (χ2n) is 5.14. The first-order valence-corrected chi connectivity index (χ1v) is 7.90. The summed E-state index contributed by atoms with van der Waals surface area (Å²) in [7, 11) is 0. The fourth-order valence-electron chi connectivity index (χ4n) is 2.61. The Hall–Kier alpha value is -1.58. The Morgan fingerprint density at radius 3 is 2.70 bits per heavy atom. The fraction of sp³-hybridized carbons (Fsp3) is 0.294. The first-order chi connectivity index (χ1) is 9.70. The number of aryl methyl sites for hydroxylation is 2. The van der Waals surface area contributed by atoms with Gasteiger partial charge in [-0.1, -0.05) is 25.1 Å². The molecule has 0 aliphatic heterocycles. The van der Waals surface area contributed by atoms with Gasteiger partial charge in [0.25, 0.3) is 0 Å². The third-order valence-electron chi connectivity index (χ3n) is 3.66. The molecule has 0 aliphatic rings. The Bertz CT molecular complexity index is 726. The van der Waals surface area contributed by atoms with Crippen LogP contribution in [0.4, 0.5) is 0 Å². The van der Waals surface area contributed by atoms with Crippen LogP contribution in [0.3, 0.4) is 0 Å². The Morgan fingerprint density at radius 1 is 1.20 bits per heavy atom. The molecule has 0 radical (unpaired) electrons. The summed E-state index contributed by atoms with van der Waals surface area (Å²) in [6.07, 6.45) is 0. The van der Waals surface area contributed by atoms with Gasteiger partial charge in [-0.15, -0.1) is 0 Å².